The molecule has 1 saturated carbocycles. The molecule has 9 nitrogen and oxygen atoms in total. The van der Waals surface area contributed by atoms with Crippen molar-refractivity contribution in [2.75, 3.05) is 29.5 Å². The van der Waals surface area contributed by atoms with Crippen molar-refractivity contribution in [3.05, 3.63) is 41.6 Å². The highest BCUT2D eigenvalue weighted by Gasteiger charge is 2.27. The number of sulfonamides is 1. The van der Waals surface area contributed by atoms with Gasteiger partial charge in [-0.3, -0.25) is 4.79 Å². The number of benzene rings is 1. The normalized spacial score (nSPS) is 18.0. The Kier molecular flexibility index (Phi) is 6.10. The zero-order valence-electron chi connectivity index (χ0n) is 17.5. The van der Waals surface area contributed by atoms with Crippen molar-refractivity contribution in [2.24, 2.45) is 5.73 Å². The third kappa shape index (κ3) is 5.13. The van der Waals surface area contributed by atoms with Crippen LogP contribution in [0.3, 0.4) is 0 Å². The summed E-state index contributed by atoms with van der Waals surface area (Å²) in [4.78, 5) is 20.3. The second kappa shape index (κ2) is 8.80. The van der Waals surface area contributed by atoms with E-state index in [0.29, 0.717) is 36.8 Å². The van der Waals surface area contributed by atoms with Crippen molar-refractivity contribution in [2.45, 2.75) is 44.6 Å². The highest BCUT2D eigenvalue weighted by Crippen LogP contribution is 2.31. The van der Waals surface area contributed by atoms with Crippen molar-refractivity contribution in [1.29, 1.82) is 0 Å². The molecule has 2 aromatic rings. The van der Waals surface area contributed by atoms with Crippen LogP contribution in [0.1, 0.15) is 54.4 Å². The summed E-state index contributed by atoms with van der Waals surface area (Å²) in [6.07, 6.45) is 5.18. The number of primary amides is 1. The summed E-state index contributed by atoms with van der Waals surface area (Å²) in [5, 5.41) is 6.39. The summed E-state index contributed by atoms with van der Waals surface area (Å²) in [5.41, 5.74) is 7.73. The number of aromatic nitrogens is 2. The van der Waals surface area contributed by atoms with Gasteiger partial charge in [0.25, 0.3) is 5.91 Å². The Morgan fingerprint density at radius 3 is 2.42 bits per heavy atom. The maximum Gasteiger partial charge on any atom is 0.254 e. The number of rotatable bonds is 8. The van der Waals surface area contributed by atoms with Crippen molar-refractivity contribution in [3.8, 4) is 0 Å². The molecule has 0 radical (unpaired) electrons. The fourth-order valence-corrected chi connectivity index (χ4v) is 4.90. The van der Waals surface area contributed by atoms with Crippen LogP contribution in [0, 0.1) is 0 Å². The minimum absolute atomic E-state index is 0.151. The van der Waals surface area contributed by atoms with E-state index in [1.165, 1.54) is 11.8 Å². The molecule has 2 fully saturated rings. The molecule has 166 valence electrons. The van der Waals surface area contributed by atoms with Crippen molar-refractivity contribution in [3.63, 3.8) is 0 Å². The summed E-state index contributed by atoms with van der Waals surface area (Å²) in [7, 11) is -3.11. The largest absolute Gasteiger partial charge is 0.367 e. The SMILES string of the molecule is CCS(=O)(=O)N1CCC(c2ccc(Nc3ncc(C(N)=O)c(NC4CC4)n3)cc2)CC1. The zero-order valence-corrected chi connectivity index (χ0v) is 18.4. The van der Waals surface area contributed by atoms with Crippen LogP contribution in [-0.2, 0) is 10.0 Å². The molecule has 1 aromatic carbocycles. The van der Waals surface area contributed by atoms with Crippen LogP contribution in [0.15, 0.2) is 30.5 Å². The highest BCUT2D eigenvalue weighted by molar-refractivity contribution is 7.89. The van der Waals surface area contributed by atoms with Gasteiger partial charge in [0.15, 0.2) is 0 Å². The molecule has 0 unspecified atom stereocenters. The van der Waals surface area contributed by atoms with Gasteiger partial charge in [0.1, 0.15) is 5.82 Å². The molecular weight excluding hydrogens is 416 g/mol. The summed E-state index contributed by atoms with van der Waals surface area (Å²) >= 11 is 0. The van der Waals surface area contributed by atoms with Gasteiger partial charge in [-0.2, -0.15) is 4.98 Å². The molecule has 31 heavy (non-hydrogen) atoms. The molecule has 0 spiro atoms. The Morgan fingerprint density at radius 1 is 1.16 bits per heavy atom. The zero-order chi connectivity index (χ0) is 22.0. The minimum Gasteiger partial charge on any atom is -0.367 e. The monoisotopic (exact) mass is 444 g/mol. The fourth-order valence-electron chi connectivity index (χ4n) is 3.77. The quantitative estimate of drug-likeness (QED) is 0.570. The Bertz CT molecular complexity index is 1050. The van der Waals surface area contributed by atoms with Crippen molar-refractivity contribution < 1.29 is 13.2 Å². The fraction of sp³-hybridized carbons (Fsp3) is 0.476. The Morgan fingerprint density at radius 2 is 1.84 bits per heavy atom. The number of hydrogen-bond acceptors (Lipinski definition) is 7. The molecule has 0 bridgehead atoms. The first-order valence-corrected chi connectivity index (χ1v) is 12.2. The van der Waals surface area contributed by atoms with Gasteiger partial charge in [-0.15, -0.1) is 0 Å². The highest BCUT2D eigenvalue weighted by atomic mass is 32.2. The van der Waals surface area contributed by atoms with Crippen LogP contribution in [0.25, 0.3) is 0 Å². The number of hydrogen-bond donors (Lipinski definition) is 3. The van der Waals surface area contributed by atoms with Gasteiger partial charge in [0.05, 0.1) is 11.3 Å². The van der Waals surface area contributed by atoms with Gasteiger partial charge in [0, 0.05) is 31.0 Å². The number of nitrogens with zero attached hydrogens (tertiary/aromatic N) is 3. The molecule has 1 aliphatic heterocycles. The van der Waals surface area contributed by atoms with Crippen LogP contribution >= 0.6 is 0 Å². The number of carbonyl (C=O) groups is 1. The van der Waals surface area contributed by atoms with Gasteiger partial charge in [-0.1, -0.05) is 12.1 Å². The van der Waals surface area contributed by atoms with E-state index >= 15 is 0 Å². The average molecular weight is 445 g/mol. The lowest BCUT2D eigenvalue weighted by Gasteiger charge is -2.31. The average Bonchev–Trinajstić information content (AvgIpc) is 3.58. The van der Waals surface area contributed by atoms with Crippen molar-refractivity contribution in [1.82, 2.24) is 14.3 Å². The number of carbonyl (C=O) groups excluding carboxylic acids is 1. The molecular formula is C21H28N6O3S. The third-order valence-electron chi connectivity index (χ3n) is 5.82. The van der Waals surface area contributed by atoms with E-state index in [0.717, 1.165) is 31.4 Å². The second-order valence-electron chi connectivity index (χ2n) is 8.06. The lowest BCUT2D eigenvalue weighted by Crippen LogP contribution is -2.38. The third-order valence-corrected chi connectivity index (χ3v) is 7.70. The minimum atomic E-state index is -3.11. The molecule has 4 N–H and O–H groups in total. The van der Waals surface area contributed by atoms with E-state index in [1.807, 2.05) is 12.1 Å². The van der Waals surface area contributed by atoms with Crippen LogP contribution in [0.4, 0.5) is 17.5 Å². The Labute approximate surface area is 182 Å². The maximum atomic E-state index is 12.0. The number of nitrogens with two attached hydrogens (primary N) is 1. The molecule has 1 amide bonds. The lowest BCUT2D eigenvalue weighted by molar-refractivity contribution is 0.100. The first kappa shape index (κ1) is 21.5. The first-order chi connectivity index (χ1) is 14.9. The van der Waals surface area contributed by atoms with Gasteiger partial charge in [0.2, 0.25) is 16.0 Å². The van der Waals surface area contributed by atoms with E-state index in [1.54, 1.807) is 11.2 Å². The standard InChI is InChI=1S/C21H28N6O3S/c1-2-31(29,30)27-11-9-15(10-12-27)14-3-5-17(6-4-14)25-21-23-13-18(19(22)28)20(26-21)24-16-7-8-16/h3-6,13,15-16H,2,7-12H2,1H3,(H2,22,28)(H2,23,24,25,26). The van der Waals surface area contributed by atoms with Crippen LogP contribution in [0.5, 0.6) is 0 Å². The van der Waals surface area contributed by atoms with Gasteiger partial charge in [-0.25, -0.2) is 17.7 Å². The second-order valence-corrected chi connectivity index (χ2v) is 10.3. The number of nitrogens with one attached hydrogen (secondary N) is 2. The van der Waals surface area contributed by atoms with Crippen LogP contribution < -0.4 is 16.4 Å². The smallest absolute Gasteiger partial charge is 0.254 e. The molecule has 1 aliphatic carbocycles. The summed E-state index contributed by atoms with van der Waals surface area (Å²) < 4.78 is 25.7. The number of amides is 1. The van der Waals surface area contributed by atoms with Gasteiger partial charge in [-0.05, 0) is 56.2 Å². The summed E-state index contributed by atoms with van der Waals surface area (Å²) in [6.45, 7) is 2.82. The van der Waals surface area contributed by atoms with Crippen LogP contribution in [0.2, 0.25) is 0 Å². The predicted octanol–water partition coefficient (Wildman–Crippen LogP) is 2.42. The summed E-state index contributed by atoms with van der Waals surface area (Å²) in [6, 6.07) is 8.36. The summed E-state index contributed by atoms with van der Waals surface area (Å²) in [5.74, 6) is 0.782. The number of anilines is 3. The molecule has 2 aliphatic rings. The van der Waals surface area contributed by atoms with E-state index in [2.05, 4.69) is 32.7 Å². The maximum absolute atomic E-state index is 12.0. The lowest BCUT2D eigenvalue weighted by atomic mass is 9.90. The molecule has 2 heterocycles. The molecule has 1 saturated heterocycles. The van der Waals surface area contributed by atoms with E-state index in [-0.39, 0.29) is 11.3 Å². The molecule has 1 aromatic heterocycles. The molecule has 10 heteroatoms. The van der Waals surface area contributed by atoms with E-state index in [4.69, 9.17) is 5.73 Å². The van der Waals surface area contributed by atoms with Gasteiger partial charge >= 0.3 is 0 Å². The Hall–Kier alpha value is -2.72. The predicted molar refractivity (Wildman–Crippen MR) is 120 cm³/mol. The van der Waals surface area contributed by atoms with E-state index < -0.39 is 15.9 Å². The number of piperidine rings is 1. The molecule has 0 atom stereocenters. The van der Waals surface area contributed by atoms with Crippen molar-refractivity contribution >= 4 is 33.4 Å². The Balaban J connectivity index is 1.40. The van der Waals surface area contributed by atoms with E-state index in [9.17, 15) is 13.2 Å². The first-order valence-electron chi connectivity index (χ1n) is 10.6. The van der Waals surface area contributed by atoms with Gasteiger partial charge < -0.3 is 16.4 Å². The van der Waals surface area contributed by atoms with Crippen LogP contribution in [-0.4, -0.2) is 53.5 Å². The molecule has 4 rings (SSSR count). The topological polar surface area (TPSA) is 130 Å².